The molecule has 1 aliphatic carbocycles. The average molecular weight is 454 g/mol. The number of fused-ring (bicyclic) bond motifs is 1. The average Bonchev–Trinajstić information content (AvgIpc) is 3.34. The van der Waals surface area contributed by atoms with Crippen LogP contribution in [0.2, 0.25) is 0 Å². The summed E-state index contributed by atoms with van der Waals surface area (Å²) in [7, 11) is -3.27. The topological polar surface area (TPSA) is 92.1 Å². The summed E-state index contributed by atoms with van der Waals surface area (Å²) < 4.78 is 31.8. The summed E-state index contributed by atoms with van der Waals surface area (Å²) in [6, 6.07) is 13.6. The molecule has 1 heterocycles. The molecule has 31 heavy (non-hydrogen) atoms. The second-order valence-corrected chi connectivity index (χ2v) is 10.7. The van der Waals surface area contributed by atoms with Crippen molar-refractivity contribution in [3.63, 3.8) is 0 Å². The Hall–Kier alpha value is -2.73. The van der Waals surface area contributed by atoms with E-state index in [-0.39, 0.29) is 12.1 Å². The number of benzene rings is 2. The van der Waals surface area contributed by atoms with Crippen LogP contribution in [0.1, 0.15) is 43.0 Å². The maximum absolute atomic E-state index is 11.7. The third-order valence-electron chi connectivity index (χ3n) is 5.11. The lowest BCUT2D eigenvalue weighted by Crippen LogP contribution is -2.25. The van der Waals surface area contributed by atoms with Gasteiger partial charge in [-0.05, 0) is 61.6 Å². The van der Waals surface area contributed by atoms with Gasteiger partial charge in [0.05, 0.1) is 22.8 Å². The van der Waals surface area contributed by atoms with Crippen LogP contribution in [0, 0.1) is 11.3 Å². The van der Waals surface area contributed by atoms with E-state index in [0.29, 0.717) is 11.3 Å². The van der Waals surface area contributed by atoms with E-state index in [0.717, 1.165) is 45.0 Å². The molecule has 1 aliphatic rings. The summed E-state index contributed by atoms with van der Waals surface area (Å²) in [6.07, 6.45) is 4.58. The van der Waals surface area contributed by atoms with Crippen LogP contribution < -0.4 is 9.46 Å². The van der Waals surface area contributed by atoms with Gasteiger partial charge >= 0.3 is 0 Å². The van der Waals surface area contributed by atoms with Crippen molar-refractivity contribution in [1.29, 1.82) is 5.26 Å². The fourth-order valence-electron chi connectivity index (χ4n) is 3.91. The van der Waals surface area contributed by atoms with Crippen LogP contribution in [-0.2, 0) is 16.4 Å². The molecule has 6 nitrogen and oxygen atoms in total. The molecule has 1 aromatic heterocycles. The van der Waals surface area contributed by atoms with Gasteiger partial charge in [0.1, 0.15) is 16.8 Å². The molecule has 2 aromatic carbocycles. The van der Waals surface area contributed by atoms with E-state index < -0.39 is 10.0 Å². The highest BCUT2D eigenvalue weighted by Crippen LogP contribution is 2.41. The van der Waals surface area contributed by atoms with Crippen molar-refractivity contribution in [2.45, 2.75) is 38.8 Å². The number of nitriles is 1. The number of ether oxygens (including phenoxy) is 1. The first kappa shape index (κ1) is 21.5. The summed E-state index contributed by atoms with van der Waals surface area (Å²) >= 11 is 1.56. The number of hydrogen-bond acceptors (Lipinski definition) is 6. The van der Waals surface area contributed by atoms with Gasteiger partial charge in [-0.25, -0.2) is 18.1 Å². The normalized spacial score (nSPS) is 15.6. The van der Waals surface area contributed by atoms with Gasteiger partial charge in [-0.1, -0.05) is 18.2 Å². The van der Waals surface area contributed by atoms with Gasteiger partial charge in [0.2, 0.25) is 10.0 Å². The monoisotopic (exact) mass is 453 g/mol. The van der Waals surface area contributed by atoms with E-state index >= 15 is 0 Å². The van der Waals surface area contributed by atoms with Gasteiger partial charge in [0.25, 0.3) is 0 Å². The minimum atomic E-state index is -3.27. The Morgan fingerprint density at radius 2 is 2.10 bits per heavy atom. The van der Waals surface area contributed by atoms with E-state index in [4.69, 9.17) is 4.74 Å². The molecule has 0 fully saturated rings. The number of thiazole rings is 1. The molecule has 0 saturated carbocycles. The van der Waals surface area contributed by atoms with Crippen LogP contribution in [0.3, 0.4) is 0 Å². The van der Waals surface area contributed by atoms with E-state index in [2.05, 4.69) is 21.8 Å². The molecule has 4 rings (SSSR count). The predicted octanol–water partition coefficient (Wildman–Crippen LogP) is 4.67. The van der Waals surface area contributed by atoms with Gasteiger partial charge < -0.3 is 4.74 Å². The summed E-state index contributed by atoms with van der Waals surface area (Å²) in [6.45, 7) is 3.85. The standard InChI is InChI=1S/C23H23N3O3S2/c1-14(2)29-21-10-7-15(11-16(21)12-24)23-25-13-22(30-23)19-6-4-5-18-17(19)8-9-20(18)26-31(3,27)28/h4-7,10-11,13-14,20,26H,8-9H2,1-3H3/t20-/m1/s1. The van der Waals surface area contributed by atoms with Crippen molar-refractivity contribution in [1.82, 2.24) is 9.71 Å². The number of nitrogens with one attached hydrogen (secondary N) is 1. The summed E-state index contributed by atoms with van der Waals surface area (Å²) in [5.41, 5.74) is 4.63. The van der Waals surface area contributed by atoms with E-state index in [1.54, 1.807) is 11.3 Å². The maximum atomic E-state index is 11.7. The highest BCUT2D eigenvalue weighted by Gasteiger charge is 2.27. The minimum absolute atomic E-state index is 0.00870. The van der Waals surface area contributed by atoms with Crippen molar-refractivity contribution in [3.8, 4) is 32.8 Å². The van der Waals surface area contributed by atoms with Crippen molar-refractivity contribution in [3.05, 3.63) is 59.3 Å². The molecule has 8 heteroatoms. The molecule has 0 amide bonds. The van der Waals surface area contributed by atoms with Crippen LogP contribution in [0.5, 0.6) is 5.75 Å². The van der Waals surface area contributed by atoms with E-state index in [9.17, 15) is 13.7 Å². The number of rotatable bonds is 6. The highest BCUT2D eigenvalue weighted by molar-refractivity contribution is 7.88. The highest BCUT2D eigenvalue weighted by atomic mass is 32.2. The zero-order valence-corrected chi connectivity index (χ0v) is 19.2. The van der Waals surface area contributed by atoms with Crippen LogP contribution in [0.4, 0.5) is 0 Å². The number of sulfonamides is 1. The third kappa shape index (κ3) is 4.64. The molecule has 0 saturated heterocycles. The van der Waals surface area contributed by atoms with Crippen molar-refractivity contribution in [2.75, 3.05) is 6.26 Å². The van der Waals surface area contributed by atoms with Gasteiger partial charge in [-0.15, -0.1) is 11.3 Å². The second-order valence-electron chi connectivity index (χ2n) is 7.87. The molecule has 0 spiro atoms. The van der Waals surface area contributed by atoms with Gasteiger partial charge in [-0.2, -0.15) is 5.26 Å². The largest absolute Gasteiger partial charge is 0.490 e. The first-order chi connectivity index (χ1) is 14.7. The number of nitrogens with zero attached hydrogens (tertiary/aromatic N) is 2. The smallest absolute Gasteiger partial charge is 0.209 e. The van der Waals surface area contributed by atoms with Gasteiger partial charge in [0.15, 0.2) is 0 Å². The molecule has 0 bridgehead atoms. The van der Waals surface area contributed by atoms with Crippen molar-refractivity contribution < 1.29 is 13.2 Å². The molecule has 0 unspecified atom stereocenters. The maximum Gasteiger partial charge on any atom is 0.209 e. The SMILES string of the molecule is CC(C)Oc1ccc(-c2ncc(-c3cccc4c3CC[C@H]4NS(C)(=O)=O)s2)cc1C#N. The molecule has 1 atom stereocenters. The molecule has 3 aromatic rings. The molecule has 1 N–H and O–H groups in total. The van der Waals surface area contributed by atoms with Crippen molar-refractivity contribution in [2.24, 2.45) is 0 Å². The Labute approximate surface area is 186 Å². The molecule has 0 radical (unpaired) electrons. The Morgan fingerprint density at radius 3 is 2.81 bits per heavy atom. The lowest BCUT2D eigenvalue weighted by molar-refractivity contribution is 0.242. The van der Waals surface area contributed by atoms with Crippen LogP contribution in [-0.4, -0.2) is 25.8 Å². The third-order valence-corrected chi connectivity index (χ3v) is 6.90. The quantitative estimate of drug-likeness (QED) is 0.585. The Balaban J connectivity index is 1.66. The van der Waals surface area contributed by atoms with Crippen LogP contribution >= 0.6 is 11.3 Å². The first-order valence-electron chi connectivity index (χ1n) is 10.0. The minimum Gasteiger partial charge on any atom is -0.490 e. The van der Waals surface area contributed by atoms with E-state index in [1.807, 2.05) is 50.4 Å². The number of aromatic nitrogens is 1. The molecular formula is C23H23N3O3S2. The first-order valence-corrected chi connectivity index (χ1v) is 12.7. The lowest BCUT2D eigenvalue weighted by atomic mass is 10.0. The summed E-state index contributed by atoms with van der Waals surface area (Å²) in [5, 5.41) is 10.3. The zero-order valence-electron chi connectivity index (χ0n) is 17.5. The fourth-order valence-corrected chi connectivity index (χ4v) is 5.63. The fraction of sp³-hybridized carbons (Fsp3) is 0.304. The lowest BCUT2D eigenvalue weighted by Gasteiger charge is -2.13. The van der Waals surface area contributed by atoms with Crippen LogP contribution in [0.25, 0.3) is 21.0 Å². The summed E-state index contributed by atoms with van der Waals surface area (Å²) in [4.78, 5) is 5.61. The second kappa shape index (κ2) is 8.42. The van der Waals surface area contributed by atoms with Crippen LogP contribution in [0.15, 0.2) is 42.6 Å². The number of hydrogen-bond donors (Lipinski definition) is 1. The van der Waals surface area contributed by atoms with E-state index in [1.165, 1.54) is 6.26 Å². The Kier molecular flexibility index (Phi) is 5.84. The Bertz CT molecular complexity index is 1270. The summed E-state index contributed by atoms with van der Waals surface area (Å²) in [5.74, 6) is 0.573. The molecule has 0 aliphatic heterocycles. The van der Waals surface area contributed by atoms with Crippen molar-refractivity contribution >= 4 is 21.4 Å². The van der Waals surface area contributed by atoms with Gasteiger partial charge in [-0.3, -0.25) is 0 Å². The predicted molar refractivity (Wildman–Crippen MR) is 123 cm³/mol. The molecule has 160 valence electrons. The molecular weight excluding hydrogens is 430 g/mol. The zero-order chi connectivity index (χ0) is 22.2. The van der Waals surface area contributed by atoms with Gasteiger partial charge in [0, 0.05) is 17.8 Å². The Morgan fingerprint density at radius 1 is 1.29 bits per heavy atom.